The van der Waals surface area contributed by atoms with E-state index in [0.717, 1.165) is 20.5 Å². The van der Waals surface area contributed by atoms with E-state index >= 15 is 0 Å². The molecule has 0 aliphatic heterocycles. The summed E-state index contributed by atoms with van der Waals surface area (Å²) in [6, 6.07) is 3.49. The number of fused-ring (bicyclic) bond motifs is 1. The van der Waals surface area contributed by atoms with Crippen molar-refractivity contribution in [1.82, 2.24) is 15.1 Å². The molecule has 0 bridgehead atoms. The fraction of sp³-hybridized carbons (Fsp3) is 0.429. The first-order valence-electron chi connectivity index (χ1n) is 6.72. The number of nitrogens with zero attached hydrogens (tertiary/aromatic N) is 3. The first kappa shape index (κ1) is 16.5. The highest BCUT2D eigenvalue weighted by Crippen LogP contribution is 2.41. The molecular weight excluding hydrogens is 361 g/mol. The molecule has 0 unspecified atom stereocenters. The van der Waals surface area contributed by atoms with E-state index in [4.69, 9.17) is 23.2 Å². The van der Waals surface area contributed by atoms with E-state index in [0.29, 0.717) is 23.0 Å². The maximum absolute atomic E-state index is 10.4. The topological polar surface area (TPSA) is 49.2 Å². The highest BCUT2D eigenvalue weighted by molar-refractivity contribution is 8.00. The van der Waals surface area contributed by atoms with Crippen molar-refractivity contribution < 1.29 is 5.11 Å². The zero-order chi connectivity index (χ0) is 15.9. The molecule has 0 saturated carbocycles. The first-order chi connectivity index (χ1) is 10.5. The van der Waals surface area contributed by atoms with E-state index in [2.05, 4.69) is 15.1 Å². The van der Waals surface area contributed by atoms with E-state index in [1.165, 1.54) is 0 Å². The molecule has 0 fully saturated rings. The Morgan fingerprint density at radius 3 is 2.86 bits per heavy atom. The van der Waals surface area contributed by atoms with Gasteiger partial charge in [-0.3, -0.25) is 4.90 Å². The number of hydrogen-bond acceptors (Lipinski definition) is 6. The summed E-state index contributed by atoms with van der Waals surface area (Å²) < 4.78 is 0.946. The molecule has 0 saturated heterocycles. The zero-order valence-electron chi connectivity index (χ0n) is 12.1. The number of rotatable bonds is 4. The standard InChI is InChI=1S/C14H15Cl2N3OS2/c1-19(6-12-17-18-14(21-2)22-12)13-9-3-7(15)4-10(16)8(9)5-11(13)20/h3-4,11,13,20H,5-6H2,1-2H3/t11-,13+/m0/s1. The van der Waals surface area contributed by atoms with Gasteiger partial charge in [-0.15, -0.1) is 10.2 Å². The quantitative estimate of drug-likeness (QED) is 0.826. The van der Waals surface area contributed by atoms with Gasteiger partial charge in [-0.05, 0) is 36.6 Å². The smallest absolute Gasteiger partial charge is 0.174 e. The molecular formula is C14H15Cl2N3OS2. The Balaban J connectivity index is 1.85. The molecule has 1 aromatic heterocycles. The van der Waals surface area contributed by atoms with Crippen LogP contribution in [0.1, 0.15) is 22.2 Å². The minimum absolute atomic E-state index is 0.132. The lowest BCUT2D eigenvalue weighted by atomic mass is 10.1. The van der Waals surface area contributed by atoms with Crippen molar-refractivity contribution >= 4 is 46.3 Å². The van der Waals surface area contributed by atoms with Crippen molar-refractivity contribution in [2.24, 2.45) is 0 Å². The number of aliphatic hydroxyl groups is 1. The van der Waals surface area contributed by atoms with Gasteiger partial charge in [0.15, 0.2) is 4.34 Å². The van der Waals surface area contributed by atoms with Crippen molar-refractivity contribution in [3.63, 3.8) is 0 Å². The van der Waals surface area contributed by atoms with Crippen molar-refractivity contribution in [2.45, 2.75) is 29.5 Å². The Hall–Kier alpha value is -0.370. The maximum Gasteiger partial charge on any atom is 0.174 e. The van der Waals surface area contributed by atoms with Gasteiger partial charge in [-0.2, -0.15) is 0 Å². The van der Waals surface area contributed by atoms with Crippen LogP contribution in [0.3, 0.4) is 0 Å². The average molecular weight is 376 g/mol. The van der Waals surface area contributed by atoms with Crippen molar-refractivity contribution in [3.8, 4) is 0 Å². The monoisotopic (exact) mass is 375 g/mol. The van der Waals surface area contributed by atoms with E-state index in [-0.39, 0.29) is 6.04 Å². The van der Waals surface area contributed by atoms with Gasteiger partial charge in [0.05, 0.1) is 18.7 Å². The molecule has 8 heteroatoms. The van der Waals surface area contributed by atoms with E-state index in [1.807, 2.05) is 19.4 Å². The molecule has 4 nitrogen and oxygen atoms in total. The minimum atomic E-state index is -0.496. The molecule has 1 aliphatic carbocycles. The summed E-state index contributed by atoms with van der Waals surface area (Å²) in [7, 11) is 1.97. The van der Waals surface area contributed by atoms with Crippen LogP contribution in [0.5, 0.6) is 0 Å². The molecule has 0 spiro atoms. The fourth-order valence-corrected chi connectivity index (χ4v) is 4.82. The molecule has 0 amide bonds. The summed E-state index contributed by atoms with van der Waals surface area (Å²) in [4.78, 5) is 2.08. The van der Waals surface area contributed by atoms with Crippen LogP contribution in [-0.4, -0.2) is 39.6 Å². The van der Waals surface area contributed by atoms with Gasteiger partial charge in [0, 0.05) is 16.5 Å². The SMILES string of the molecule is CSc1nnc(CN(C)[C@@H]2c3cc(Cl)cc(Cl)c3C[C@@H]2O)s1. The highest BCUT2D eigenvalue weighted by Gasteiger charge is 2.36. The summed E-state index contributed by atoms with van der Waals surface area (Å²) in [5.74, 6) is 0. The molecule has 1 aliphatic rings. The summed E-state index contributed by atoms with van der Waals surface area (Å²) in [6.45, 7) is 0.628. The predicted molar refractivity (Wildman–Crippen MR) is 92.1 cm³/mol. The summed E-state index contributed by atoms with van der Waals surface area (Å²) in [5.41, 5.74) is 1.99. The lowest BCUT2D eigenvalue weighted by Crippen LogP contribution is -2.30. The normalized spacial score (nSPS) is 20.6. The second-order valence-electron chi connectivity index (χ2n) is 5.25. The van der Waals surface area contributed by atoms with Crippen LogP contribution in [0.2, 0.25) is 10.0 Å². The number of halogens is 2. The van der Waals surface area contributed by atoms with Gasteiger partial charge < -0.3 is 5.11 Å². The molecule has 2 atom stereocenters. The molecule has 0 radical (unpaired) electrons. The van der Waals surface area contributed by atoms with E-state index < -0.39 is 6.10 Å². The van der Waals surface area contributed by atoms with Gasteiger partial charge in [-0.1, -0.05) is 46.3 Å². The van der Waals surface area contributed by atoms with Gasteiger partial charge in [-0.25, -0.2) is 0 Å². The number of hydrogen-bond donors (Lipinski definition) is 1. The molecule has 22 heavy (non-hydrogen) atoms. The molecule has 118 valence electrons. The van der Waals surface area contributed by atoms with Gasteiger partial charge >= 0.3 is 0 Å². The maximum atomic E-state index is 10.4. The third-order valence-corrected chi connectivity index (χ3v) is 6.21. The summed E-state index contributed by atoms with van der Waals surface area (Å²) >= 11 is 15.5. The minimum Gasteiger partial charge on any atom is -0.391 e. The lowest BCUT2D eigenvalue weighted by Gasteiger charge is -2.27. The summed E-state index contributed by atoms with van der Waals surface area (Å²) in [6.07, 6.45) is 2.03. The van der Waals surface area contributed by atoms with Gasteiger partial charge in [0.25, 0.3) is 0 Å². The second kappa shape index (κ2) is 6.63. The van der Waals surface area contributed by atoms with E-state index in [1.54, 1.807) is 29.2 Å². The van der Waals surface area contributed by atoms with Crippen molar-refractivity contribution in [3.05, 3.63) is 38.3 Å². The molecule has 1 aromatic carbocycles. The third-order valence-electron chi connectivity index (χ3n) is 3.77. The Kier molecular flexibility index (Phi) is 4.97. The Labute approximate surface area is 147 Å². The van der Waals surface area contributed by atoms with Gasteiger partial charge in [0.1, 0.15) is 5.01 Å². The third kappa shape index (κ3) is 3.13. The Morgan fingerprint density at radius 2 is 2.18 bits per heavy atom. The number of aliphatic hydroxyl groups excluding tert-OH is 1. The predicted octanol–water partition coefficient (Wildman–Crippen LogP) is 3.66. The van der Waals surface area contributed by atoms with E-state index in [9.17, 15) is 5.11 Å². The van der Waals surface area contributed by atoms with Crippen LogP contribution in [0, 0.1) is 0 Å². The average Bonchev–Trinajstić information content (AvgIpc) is 3.02. The molecule has 1 N–H and O–H groups in total. The van der Waals surface area contributed by atoms with Crippen LogP contribution in [0.4, 0.5) is 0 Å². The zero-order valence-corrected chi connectivity index (χ0v) is 15.2. The van der Waals surface area contributed by atoms with Crippen molar-refractivity contribution in [2.75, 3.05) is 13.3 Å². The van der Waals surface area contributed by atoms with Crippen LogP contribution in [0.15, 0.2) is 16.5 Å². The van der Waals surface area contributed by atoms with Crippen molar-refractivity contribution in [1.29, 1.82) is 0 Å². The number of likely N-dealkylation sites (N-methyl/N-ethyl adjacent to an activating group) is 1. The lowest BCUT2D eigenvalue weighted by molar-refractivity contribution is 0.0723. The molecule has 2 aromatic rings. The van der Waals surface area contributed by atoms with Crippen LogP contribution >= 0.6 is 46.3 Å². The Bertz CT molecular complexity index is 695. The van der Waals surface area contributed by atoms with Gasteiger partial charge in [0.2, 0.25) is 0 Å². The number of aromatic nitrogens is 2. The fourth-order valence-electron chi connectivity index (χ4n) is 2.86. The second-order valence-corrected chi connectivity index (χ2v) is 8.21. The summed E-state index contributed by atoms with van der Waals surface area (Å²) in [5, 5.41) is 20.9. The highest BCUT2D eigenvalue weighted by atomic mass is 35.5. The van der Waals surface area contributed by atoms with Crippen LogP contribution < -0.4 is 0 Å². The Morgan fingerprint density at radius 1 is 1.41 bits per heavy atom. The largest absolute Gasteiger partial charge is 0.391 e. The molecule has 1 heterocycles. The first-order valence-corrected chi connectivity index (χ1v) is 9.51. The number of thioether (sulfide) groups is 1. The number of benzene rings is 1. The molecule has 3 rings (SSSR count). The van der Waals surface area contributed by atoms with Crippen LogP contribution in [-0.2, 0) is 13.0 Å². The van der Waals surface area contributed by atoms with Crippen LogP contribution in [0.25, 0.3) is 0 Å².